The molecule has 1 heterocycles. The van der Waals surface area contributed by atoms with Crippen LogP contribution in [0.5, 0.6) is 0 Å². The van der Waals surface area contributed by atoms with Gasteiger partial charge in [0.15, 0.2) is 0 Å². The molecule has 0 amide bonds. The fraction of sp³-hybridized carbons (Fsp3) is 0.571. The zero-order valence-corrected chi connectivity index (χ0v) is 13.7. The molecule has 0 bridgehead atoms. The standard InChI is InChI=1S/C14H21N3O4S/c1-12-11-13(17(18)19)5-6-14(12)22(20,21)15(2)9-10-16-7-3-4-8-16/h5-6,11H,3-4,7-10H2,1-2H3. The van der Waals surface area contributed by atoms with Crippen LogP contribution in [0.3, 0.4) is 0 Å². The molecule has 0 aromatic heterocycles. The number of nitro benzene ring substituents is 1. The van der Waals surface area contributed by atoms with Crippen molar-refractivity contribution in [1.29, 1.82) is 0 Å². The smallest absolute Gasteiger partial charge is 0.269 e. The molecule has 1 aromatic rings. The summed E-state index contributed by atoms with van der Waals surface area (Å²) >= 11 is 0. The Bertz CT molecular complexity index is 654. The minimum Gasteiger partial charge on any atom is -0.302 e. The first kappa shape index (κ1) is 16.9. The van der Waals surface area contributed by atoms with E-state index in [1.54, 1.807) is 14.0 Å². The Morgan fingerprint density at radius 3 is 2.50 bits per heavy atom. The van der Waals surface area contributed by atoms with Crippen LogP contribution in [-0.2, 0) is 10.0 Å². The second-order valence-electron chi connectivity index (χ2n) is 5.58. The van der Waals surface area contributed by atoms with Gasteiger partial charge in [-0.2, -0.15) is 4.31 Å². The third kappa shape index (κ3) is 3.63. The molecule has 1 aliphatic heterocycles. The molecule has 8 heteroatoms. The van der Waals surface area contributed by atoms with Crippen LogP contribution >= 0.6 is 0 Å². The van der Waals surface area contributed by atoms with Crippen molar-refractivity contribution in [2.75, 3.05) is 33.2 Å². The maximum atomic E-state index is 12.6. The molecule has 0 atom stereocenters. The van der Waals surface area contributed by atoms with Gasteiger partial charge in [0, 0.05) is 32.3 Å². The van der Waals surface area contributed by atoms with Gasteiger partial charge in [-0.1, -0.05) is 0 Å². The number of rotatable bonds is 6. The van der Waals surface area contributed by atoms with Crippen molar-refractivity contribution < 1.29 is 13.3 Å². The summed E-state index contributed by atoms with van der Waals surface area (Å²) in [5.74, 6) is 0. The number of likely N-dealkylation sites (N-methyl/N-ethyl adjacent to an activating group) is 1. The van der Waals surface area contributed by atoms with Gasteiger partial charge in [-0.25, -0.2) is 8.42 Å². The molecule has 1 fully saturated rings. The van der Waals surface area contributed by atoms with Crippen molar-refractivity contribution in [2.45, 2.75) is 24.7 Å². The largest absolute Gasteiger partial charge is 0.302 e. The van der Waals surface area contributed by atoms with Crippen molar-refractivity contribution >= 4 is 15.7 Å². The number of likely N-dealkylation sites (tertiary alicyclic amines) is 1. The molecule has 0 N–H and O–H groups in total. The summed E-state index contributed by atoms with van der Waals surface area (Å²) in [7, 11) is -2.07. The molecule has 0 unspecified atom stereocenters. The predicted molar refractivity (Wildman–Crippen MR) is 83.3 cm³/mol. The Labute approximate surface area is 130 Å². The Morgan fingerprint density at radius 2 is 1.95 bits per heavy atom. The van der Waals surface area contributed by atoms with Crippen molar-refractivity contribution in [1.82, 2.24) is 9.21 Å². The Hall–Kier alpha value is -1.51. The summed E-state index contributed by atoms with van der Waals surface area (Å²) in [5.41, 5.74) is 0.290. The van der Waals surface area contributed by atoms with E-state index < -0.39 is 14.9 Å². The van der Waals surface area contributed by atoms with Gasteiger partial charge >= 0.3 is 0 Å². The lowest BCUT2D eigenvalue weighted by Crippen LogP contribution is -2.35. The van der Waals surface area contributed by atoms with Gasteiger partial charge in [0.25, 0.3) is 5.69 Å². The number of benzene rings is 1. The number of nitrogens with zero attached hydrogens (tertiary/aromatic N) is 3. The third-order valence-electron chi connectivity index (χ3n) is 3.99. The van der Waals surface area contributed by atoms with E-state index in [2.05, 4.69) is 4.90 Å². The monoisotopic (exact) mass is 327 g/mol. The van der Waals surface area contributed by atoms with E-state index in [9.17, 15) is 18.5 Å². The number of nitro groups is 1. The van der Waals surface area contributed by atoms with Crippen LogP contribution in [-0.4, -0.2) is 55.8 Å². The molecule has 7 nitrogen and oxygen atoms in total. The zero-order valence-electron chi connectivity index (χ0n) is 12.9. The lowest BCUT2D eigenvalue weighted by Gasteiger charge is -2.22. The minimum absolute atomic E-state index is 0.101. The Kier molecular flexibility index (Phi) is 5.15. The predicted octanol–water partition coefficient (Wildman–Crippen LogP) is 1.62. The van der Waals surface area contributed by atoms with E-state index >= 15 is 0 Å². The second-order valence-corrected chi connectivity index (χ2v) is 7.60. The van der Waals surface area contributed by atoms with E-state index in [4.69, 9.17) is 0 Å². The fourth-order valence-electron chi connectivity index (χ4n) is 2.61. The van der Waals surface area contributed by atoms with Gasteiger partial charge in [0.05, 0.1) is 9.82 Å². The molecule has 0 saturated carbocycles. The molecular weight excluding hydrogens is 306 g/mol. The van der Waals surface area contributed by atoms with Gasteiger partial charge in [0.2, 0.25) is 10.0 Å². The Morgan fingerprint density at radius 1 is 1.32 bits per heavy atom. The maximum Gasteiger partial charge on any atom is 0.269 e. The number of sulfonamides is 1. The van der Waals surface area contributed by atoms with Crippen molar-refractivity contribution in [2.24, 2.45) is 0 Å². The van der Waals surface area contributed by atoms with Crippen LogP contribution in [0.1, 0.15) is 18.4 Å². The number of hydrogen-bond donors (Lipinski definition) is 0. The average Bonchev–Trinajstić information content (AvgIpc) is 2.97. The highest BCUT2D eigenvalue weighted by atomic mass is 32.2. The first-order valence-corrected chi connectivity index (χ1v) is 8.70. The summed E-state index contributed by atoms with van der Waals surface area (Å²) in [5, 5.41) is 10.7. The van der Waals surface area contributed by atoms with Crippen LogP contribution in [0.2, 0.25) is 0 Å². The quantitative estimate of drug-likeness (QED) is 0.585. The number of hydrogen-bond acceptors (Lipinski definition) is 5. The molecule has 1 saturated heterocycles. The first-order chi connectivity index (χ1) is 10.3. The second kappa shape index (κ2) is 6.72. The molecule has 0 spiro atoms. The average molecular weight is 327 g/mol. The Balaban J connectivity index is 2.12. The molecule has 122 valence electrons. The van der Waals surface area contributed by atoms with Crippen LogP contribution in [0.15, 0.2) is 23.1 Å². The van der Waals surface area contributed by atoms with E-state index in [-0.39, 0.29) is 10.6 Å². The molecule has 0 radical (unpaired) electrons. The van der Waals surface area contributed by atoms with E-state index in [1.807, 2.05) is 0 Å². The van der Waals surface area contributed by atoms with Crippen LogP contribution < -0.4 is 0 Å². The maximum absolute atomic E-state index is 12.6. The summed E-state index contributed by atoms with van der Waals surface area (Å²) in [6, 6.07) is 3.84. The topological polar surface area (TPSA) is 83.8 Å². The highest BCUT2D eigenvalue weighted by Gasteiger charge is 2.24. The molecular formula is C14H21N3O4S. The van der Waals surface area contributed by atoms with Gasteiger partial charge in [-0.3, -0.25) is 10.1 Å². The van der Waals surface area contributed by atoms with Crippen molar-refractivity contribution in [3.8, 4) is 0 Å². The SMILES string of the molecule is Cc1cc([N+](=O)[O-])ccc1S(=O)(=O)N(C)CCN1CCCC1. The van der Waals surface area contributed by atoms with Crippen molar-refractivity contribution in [3.05, 3.63) is 33.9 Å². The number of aryl methyl sites for hydroxylation is 1. The summed E-state index contributed by atoms with van der Waals surface area (Å²) in [4.78, 5) is 12.6. The molecule has 22 heavy (non-hydrogen) atoms. The minimum atomic E-state index is -3.62. The van der Waals surface area contributed by atoms with Gasteiger partial charge < -0.3 is 4.90 Å². The lowest BCUT2D eigenvalue weighted by atomic mass is 10.2. The number of non-ortho nitro benzene ring substituents is 1. The fourth-order valence-corrected chi connectivity index (χ4v) is 3.98. The van der Waals surface area contributed by atoms with Crippen LogP contribution in [0.25, 0.3) is 0 Å². The van der Waals surface area contributed by atoms with Crippen LogP contribution in [0, 0.1) is 17.0 Å². The zero-order chi connectivity index (χ0) is 16.3. The summed E-state index contributed by atoms with van der Waals surface area (Å²) in [6.07, 6.45) is 2.33. The van der Waals surface area contributed by atoms with E-state index in [1.165, 1.54) is 22.5 Å². The highest BCUT2D eigenvalue weighted by molar-refractivity contribution is 7.89. The van der Waals surface area contributed by atoms with Crippen LogP contribution in [0.4, 0.5) is 5.69 Å². The normalized spacial score (nSPS) is 16.3. The first-order valence-electron chi connectivity index (χ1n) is 7.26. The molecule has 1 aromatic carbocycles. The highest BCUT2D eigenvalue weighted by Crippen LogP contribution is 2.23. The molecule has 0 aliphatic carbocycles. The van der Waals surface area contributed by atoms with E-state index in [0.29, 0.717) is 18.7 Å². The van der Waals surface area contributed by atoms with Gasteiger partial charge in [-0.15, -0.1) is 0 Å². The molecule has 2 rings (SSSR count). The van der Waals surface area contributed by atoms with Gasteiger partial charge in [0.1, 0.15) is 0 Å². The van der Waals surface area contributed by atoms with E-state index in [0.717, 1.165) is 25.9 Å². The summed E-state index contributed by atoms with van der Waals surface area (Å²) in [6.45, 7) is 4.74. The van der Waals surface area contributed by atoms with Gasteiger partial charge in [-0.05, 0) is 44.5 Å². The third-order valence-corrected chi connectivity index (χ3v) is 6.00. The van der Waals surface area contributed by atoms with Crippen molar-refractivity contribution in [3.63, 3.8) is 0 Å². The summed E-state index contributed by atoms with van der Waals surface area (Å²) < 4.78 is 26.5. The lowest BCUT2D eigenvalue weighted by molar-refractivity contribution is -0.385. The molecule has 1 aliphatic rings.